The monoisotopic (exact) mass is 402 g/mol. The SMILES string of the molecule is Cc1cccnc1CN1CCC(=C2c3ccccc3CC(O)c3sccc32)CC1. The number of benzene rings is 1. The number of aromatic nitrogens is 1. The lowest BCUT2D eigenvalue weighted by atomic mass is 9.87. The molecule has 3 nitrogen and oxygen atoms in total. The average Bonchev–Trinajstić information content (AvgIpc) is 3.18. The van der Waals surface area contributed by atoms with E-state index in [4.69, 9.17) is 0 Å². The summed E-state index contributed by atoms with van der Waals surface area (Å²) in [5.74, 6) is 0. The van der Waals surface area contributed by atoms with Crippen molar-refractivity contribution < 1.29 is 5.11 Å². The molecular formula is C25H26N2OS. The highest BCUT2D eigenvalue weighted by molar-refractivity contribution is 7.10. The highest BCUT2D eigenvalue weighted by atomic mass is 32.1. The normalized spacial score (nSPS) is 19.6. The van der Waals surface area contributed by atoms with Gasteiger partial charge < -0.3 is 5.11 Å². The Bertz CT molecular complexity index is 1060. The molecule has 29 heavy (non-hydrogen) atoms. The summed E-state index contributed by atoms with van der Waals surface area (Å²) in [6.07, 6.45) is 4.33. The standard InChI is InChI=1S/C25H26N2OS/c1-17-5-4-11-26-22(17)16-27-12-8-18(9-13-27)24-20-7-3-2-6-19(20)15-23(28)25-21(24)10-14-29-25/h2-7,10-11,14,23,28H,8-9,12-13,15-16H2,1H3. The number of hydrogen-bond acceptors (Lipinski definition) is 4. The van der Waals surface area contributed by atoms with Crippen molar-refractivity contribution in [1.29, 1.82) is 0 Å². The van der Waals surface area contributed by atoms with Crippen LogP contribution in [0.15, 0.2) is 59.6 Å². The van der Waals surface area contributed by atoms with Crippen LogP contribution in [0.4, 0.5) is 0 Å². The second kappa shape index (κ2) is 7.86. The zero-order chi connectivity index (χ0) is 19.8. The zero-order valence-electron chi connectivity index (χ0n) is 16.8. The molecule has 0 amide bonds. The molecule has 4 heteroatoms. The third-order valence-electron chi connectivity index (χ3n) is 6.27. The third-order valence-corrected chi connectivity index (χ3v) is 7.29. The van der Waals surface area contributed by atoms with Crippen LogP contribution in [0.1, 0.15) is 51.8 Å². The van der Waals surface area contributed by atoms with Crippen LogP contribution >= 0.6 is 11.3 Å². The van der Waals surface area contributed by atoms with Gasteiger partial charge in [0.05, 0.1) is 11.8 Å². The number of fused-ring (bicyclic) bond motifs is 2. The topological polar surface area (TPSA) is 36.4 Å². The van der Waals surface area contributed by atoms with Gasteiger partial charge in [0.1, 0.15) is 0 Å². The van der Waals surface area contributed by atoms with Gasteiger partial charge in [-0.25, -0.2) is 0 Å². The van der Waals surface area contributed by atoms with Crippen molar-refractivity contribution in [1.82, 2.24) is 9.88 Å². The molecule has 1 aliphatic carbocycles. The maximum absolute atomic E-state index is 10.8. The molecule has 1 fully saturated rings. The molecule has 1 N–H and O–H groups in total. The van der Waals surface area contributed by atoms with E-state index < -0.39 is 6.10 Å². The Morgan fingerprint density at radius 1 is 1.07 bits per heavy atom. The Balaban J connectivity index is 1.47. The molecule has 0 bridgehead atoms. The Labute approximate surface area is 176 Å². The molecule has 0 saturated carbocycles. The molecule has 5 rings (SSSR count). The average molecular weight is 403 g/mol. The second-order valence-electron chi connectivity index (χ2n) is 8.10. The van der Waals surface area contributed by atoms with Gasteiger partial charge in [0, 0.05) is 37.1 Å². The summed E-state index contributed by atoms with van der Waals surface area (Å²) in [4.78, 5) is 8.21. The van der Waals surface area contributed by atoms with Gasteiger partial charge in [-0.15, -0.1) is 11.3 Å². The predicted octanol–water partition coefficient (Wildman–Crippen LogP) is 5.14. The van der Waals surface area contributed by atoms with E-state index in [1.54, 1.807) is 11.3 Å². The van der Waals surface area contributed by atoms with Crippen molar-refractivity contribution in [2.24, 2.45) is 0 Å². The first-order valence-electron chi connectivity index (χ1n) is 10.4. The van der Waals surface area contributed by atoms with Gasteiger partial charge in [-0.1, -0.05) is 35.9 Å². The maximum atomic E-state index is 10.8. The minimum Gasteiger partial charge on any atom is -0.387 e. The summed E-state index contributed by atoms with van der Waals surface area (Å²) < 4.78 is 0. The lowest BCUT2D eigenvalue weighted by Crippen LogP contribution is -2.31. The molecule has 1 aliphatic heterocycles. The van der Waals surface area contributed by atoms with Gasteiger partial charge in [-0.3, -0.25) is 9.88 Å². The summed E-state index contributed by atoms with van der Waals surface area (Å²) in [5.41, 5.74) is 9.18. The van der Waals surface area contributed by atoms with Crippen LogP contribution in [-0.4, -0.2) is 28.1 Å². The first-order valence-corrected chi connectivity index (χ1v) is 11.3. The molecule has 2 aliphatic rings. The molecular weight excluding hydrogens is 376 g/mol. The van der Waals surface area contributed by atoms with Crippen LogP contribution in [0.25, 0.3) is 5.57 Å². The first kappa shape index (κ1) is 18.7. The predicted molar refractivity (Wildman–Crippen MR) is 119 cm³/mol. The summed E-state index contributed by atoms with van der Waals surface area (Å²) >= 11 is 1.69. The molecule has 1 saturated heterocycles. The van der Waals surface area contributed by atoms with Gasteiger partial charge in [-0.2, -0.15) is 0 Å². The second-order valence-corrected chi connectivity index (χ2v) is 9.04. The number of rotatable bonds is 2. The van der Waals surface area contributed by atoms with Gasteiger partial charge in [0.25, 0.3) is 0 Å². The smallest absolute Gasteiger partial charge is 0.0928 e. The fourth-order valence-electron chi connectivity index (χ4n) is 4.68. The van der Waals surface area contributed by atoms with E-state index in [0.29, 0.717) is 6.42 Å². The van der Waals surface area contributed by atoms with Gasteiger partial charge in [0.15, 0.2) is 0 Å². The largest absolute Gasteiger partial charge is 0.387 e. The Hall–Kier alpha value is -2.27. The van der Waals surface area contributed by atoms with Gasteiger partial charge in [-0.05, 0) is 65.1 Å². The van der Waals surface area contributed by atoms with Crippen LogP contribution in [0.2, 0.25) is 0 Å². The van der Waals surface area contributed by atoms with E-state index in [1.807, 2.05) is 12.3 Å². The van der Waals surface area contributed by atoms with Crippen molar-refractivity contribution >= 4 is 16.9 Å². The number of aliphatic hydroxyl groups is 1. The minimum atomic E-state index is -0.406. The van der Waals surface area contributed by atoms with Crippen molar-refractivity contribution in [3.8, 4) is 0 Å². The number of thiophene rings is 1. The molecule has 3 heterocycles. The summed E-state index contributed by atoms with van der Waals surface area (Å²) in [7, 11) is 0. The van der Waals surface area contributed by atoms with E-state index in [-0.39, 0.29) is 0 Å². The van der Waals surface area contributed by atoms with E-state index >= 15 is 0 Å². The zero-order valence-corrected chi connectivity index (χ0v) is 17.6. The Morgan fingerprint density at radius 3 is 2.72 bits per heavy atom. The Morgan fingerprint density at radius 2 is 1.90 bits per heavy atom. The molecule has 148 valence electrons. The molecule has 1 unspecified atom stereocenters. The molecule has 1 aromatic carbocycles. The van der Waals surface area contributed by atoms with Crippen molar-refractivity contribution in [2.45, 2.75) is 38.8 Å². The first-order chi connectivity index (χ1) is 14.2. The fraction of sp³-hybridized carbons (Fsp3) is 0.320. The number of piperidine rings is 1. The van der Waals surface area contributed by atoms with Crippen molar-refractivity contribution in [3.63, 3.8) is 0 Å². The van der Waals surface area contributed by atoms with Crippen LogP contribution < -0.4 is 0 Å². The number of likely N-dealkylation sites (tertiary alicyclic amines) is 1. The highest BCUT2D eigenvalue weighted by Gasteiger charge is 2.28. The number of pyridine rings is 1. The molecule has 0 spiro atoms. The van der Waals surface area contributed by atoms with Crippen LogP contribution in [0.3, 0.4) is 0 Å². The summed E-state index contributed by atoms with van der Waals surface area (Å²) in [6.45, 7) is 5.18. The molecule has 0 radical (unpaired) electrons. The fourth-order valence-corrected chi connectivity index (χ4v) is 5.57. The number of aliphatic hydroxyl groups excluding tert-OH is 1. The lowest BCUT2D eigenvalue weighted by Gasteiger charge is -2.30. The summed E-state index contributed by atoms with van der Waals surface area (Å²) in [5, 5.41) is 12.9. The van der Waals surface area contributed by atoms with Crippen LogP contribution in [0, 0.1) is 6.92 Å². The highest BCUT2D eigenvalue weighted by Crippen LogP contribution is 2.43. The molecule has 3 aromatic rings. The van der Waals surface area contributed by atoms with E-state index in [2.05, 4.69) is 58.6 Å². The minimum absolute atomic E-state index is 0.406. The van der Waals surface area contributed by atoms with Crippen molar-refractivity contribution in [2.75, 3.05) is 13.1 Å². The van der Waals surface area contributed by atoms with E-state index in [0.717, 1.165) is 37.4 Å². The third kappa shape index (κ3) is 3.57. The number of hydrogen-bond donors (Lipinski definition) is 1. The molecule has 1 atom stereocenters. The van der Waals surface area contributed by atoms with E-state index in [1.165, 1.54) is 39.1 Å². The van der Waals surface area contributed by atoms with Crippen LogP contribution in [-0.2, 0) is 13.0 Å². The maximum Gasteiger partial charge on any atom is 0.0928 e. The van der Waals surface area contributed by atoms with Crippen molar-refractivity contribution in [3.05, 3.63) is 92.4 Å². The van der Waals surface area contributed by atoms with Gasteiger partial charge in [0.2, 0.25) is 0 Å². The van der Waals surface area contributed by atoms with E-state index in [9.17, 15) is 5.11 Å². The quantitative estimate of drug-likeness (QED) is 0.645. The number of aryl methyl sites for hydroxylation is 1. The van der Waals surface area contributed by atoms with Crippen LogP contribution in [0.5, 0.6) is 0 Å². The van der Waals surface area contributed by atoms with Gasteiger partial charge >= 0.3 is 0 Å². The molecule has 2 aromatic heterocycles. The summed E-state index contributed by atoms with van der Waals surface area (Å²) in [6, 6.07) is 15.0. The Kier molecular flexibility index (Phi) is 5.08. The number of nitrogens with zero attached hydrogens (tertiary/aromatic N) is 2. The lowest BCUT2D eigenvalue weighted by molar-refractivity contribution is 0.182.